The molecule has 1 aliphatic carbocycles. The summed E-state index contributed by atoms with van der Waals surface area (Å²) >= 11 is 0. The summed E-state index contributed by atoms with van der Waals surface area (Å²) in [6, 6.07) is 0. The van der Waals surface area contributed by atoms with Crippen molar-refractivity contribution < 1.29 is 14.5 Å². The highest BCUT2D eigenvalue weighted by molar-refractivity contribution is 6.03. The van der Waals surface area contributed by atoms with Gasteiger partial charge in [0.2, 0.25) is 11.8 Å². The van der Waals surface area contributed by atoms with Crippen LogP contribution in [0.3, 0.4) is 0 Å². The van der Waals surface area contributed by atoms with E-state index in [0.29, 0.717) is 6.67 Å². The number of hydrogen-bond donors (Lipinski definition) is 1. The number of nitrogens with zero attached hydrogens (tertiary/aromatic N) is 1. The number of nitrogens with one attached hydrogen (secondary N) is 1. The van der Waals surface area contributed by atoms with E-state index in [1.165, 1.54) is 24.2 Å². The minimum Gasteiger partial charge on any atom is -0.317 e. The molecule has 0 aromatic rings. The largest absolute Gasteiger partial charge is 0.317 e. The van der Waals surface area contributed by atoms with Crippen LogP contribution in [-0.4, -0.2) is 36.5 Å². The number of imide groups is 1. The molecule has 0 spiro atoms. The molecule has 3 aliphatic rings. The highest BCUT2D eigenvalue weighted by Gasteiger charge is 2.64. The van der Waals surface area contributed by atoms with Gasteiger partial charge < -0.3 is 4.90 Å². The lowest BCUT2D eigenvalue weighted by Crippen LogP contribution is -3.14. The molecule has 0 radical (unpaired) electrons. The molecule has 2 amide bonds. The summed E-state index contributed by atoms with van der Waals surface area (Å²) in [5.41, 5.74) is -0.532. The second kappa shape index (κ2) is 4.55. The molecular weight excluding hydrogens is 252 g/mol. The fourth-order valence-electron chi connectivity index (χ4n) is 4.48. The lowest BCUT2D eigenvalue weighted by molar-refractivity contribution is -0.912. The molecule has 2 aliphatic heterocycles. The zero-order chi connectivity index (χ0) is 14.5. The summed E-state index contributed by atoms with van der Waals surface area (Å²) in [6.45, 7) is 9.07. The van der Waals surface area contributed by atoms with Gasteiger partial charge in [-0.05, 0) is 37.5 Å². The van der Waals surface area contributed by atoms with Gasteiger partial charge in [0.25, 0.3) is 0 Å². The number of carbonyl (C=O) groups is 2. The van der Waals surface area contributed by atoms with Crippen molar-refractivity contribution in [2.45, 2.75) is 52.9 Å². The van der Waals surface area contributed by atoms with Crippen molar-refractivity contribution in [3.8, 4) is 0 Å². The number of hydrogen-bond acceptors (Lipinski definition) is 2. The summed E-state index contributed by atoms with van der Waals surface area (Å²) in [6.07, 6.45) is 5.47. The van der Waals surface area contributed by atoms with Gasteiger partial charge in [0.1, 0.15) is 0 Å². The Bertz CT molecular complexity index is 440. The molecule has 20 heavy (non-hydrogen) atoms. The van der Waals surface area contributed by atoms with Crippen molar-refractivity contribution in [3.63, 3.8) is 0 Å². The standard InChI is InChI=1S/C16H26N2O2/c1-15(2)12-7-8-16(15,3)14(20)18(13(12)19)11-17-9-5-4-6-10-17/h12H,4-11H2,1-3H3/p+1/t12-,16+/m1/s1. The number of amides is 2. The van der Waals surface area contributed by atoms with E-state index in [1.54, 1.807) is 4.90 Å². The number of rotatable bonds is 2. The normalized spacial score (nSPS) is 37.5. The minimum absolute atomic E-state index is 0.0365. The van der Waals surface area contributed by atoms with Gasteiger partial charge in [-0.15, -0.1) is 0 Å². The number of quaternary nitrogens is 1. The van der Waals surface area contributed by atoms with E-state index in [9.17, 15) is 9.59 Å². The first-order valence-electron chi connectivity index (χ1n) is 8.07. The molecule has 112 valence electrons. The van der Waals surface area contributed by atoms with Gasteiger partial charge in [0.05, 0.1) is 18.5 Å². The smallest absolute Gasteiger partial charge is 0.240 e. The zero-order valence-corrected chi connectivity index (χ0v) is 13.0. The van der Waals surface area contributed by atoms with Crippen molar-refractivity contribution >= 4 is 11.8 Å². The molecule has 3 fully saturated rings. The zero-order valence-electron chi connectivity index (χ0n) is 13.0. The summed E-state index contributed by atoms with van der Waals surface area (Å²) in [4.78, 5) is 28.6. The van der Waals surface area contributed by atoms with Crippen LogP contribution in [0.2, 0.25) is 0 Å². The predicted molar refractivity (Wildman–Crippen MR) is 75.9 cm³/mol. The summed E-state index contributed by atoms with van der Waals surface area (Å²) < 4.78 is 0. The van der Waals surface area contributed by atoms with Crippen LogP contribution in [0, 0.1) is 16.7 Å². The summed E-state index contributed by atoms with van der Waals surface area (Å²) in [5.74, 6) is 0.210. The highest BCUT2D eigenvalue weighted by Crippen LogP contribution is 2.59. The number of carbonyl (C=O) groups excluding carboxylic acids is 2. The fraction of sp³-hybridized carbons (Fsp3) is 0.875. The van der Waals surface area contributed by atoms with Crippen LogP contribution in [0.4, 0.5) is 0 Å². The molecule has 0 unspecified atom stereocenters. The van der Waals surface area contributed by atoms with Crippen LogP contribution in [0.15, 0.2) is 0 Å². The molecule has 4 heteroatoms. The van der Waals surface area contributed by atoms with Gasteiger partial charge in [-0.25, -0.2) is 4.90 Å². The third-order valence-electron chi connectivity index (χ3n) is 6.45. The predicted octanol–water partition coefficient (Wildman–Crippen LogP) is 0.824. The number of piperidine rings is 2. The molecule has 0 aromatic heterocycles. The third kappa shape index (κ3) is 1.77. The van der Waals surface area contributed by atoms with Crippen molar-refractivity contribution in [2.75, 3.05) is 19.8 Å². The van der Waals surface area contributed by atoms with Crippen molar-refractivity contribution in [1.29, 1.82) is 0 Å². The lowest BCUT2D eigenvalue weighted by Gasteiger charge is -2.47. The Labute approximate surface area is 121 Å². The summed E-state index contributed by atoms with van der Waals surface area (Å²) in [7, 11) is 0. The Hall–Kier alpha value is -0.900. The van der Waals surface area contributed by atoms with Gasteiger partial charge in [0, 0.05) is 5.92 Å². The molecule has 0 aromatic carbocycles. The van der Waals surface area contributed by atoms with Crippen molar-refractivity contribution in [3.05, 3.63) is 0 Å². The molecule has 2 bridgehead atoms. The third-order valence-corrected chi connectivity index (χ3v) is 6.45. The van der Waals surface area contributed by atoms with Crippen molar-refractivity contribution in [2.24, 2.45) is 16.7 Å². The Morgan fingerprint density at radius 2 is 1.80 bits per heavy atom. The van der Waals surface area contributed by atoms with E-state index in [1.807, 2.05) is 0 Å². The van der Waals surface area contributed by atoms with Crippen LogP contribution in [-0.2, 0) is 9.59 Å². The van der Waals surface area contributed by atoms with E-state index in [0.717, 1.165) is 25.9 Å². The first-order valence-corrected chi connectivity index (χ1v) is 8.07. The highest BCUT2D eigenvalue weighted by atomic mass is 16.2. The second-order valence-corrected chi connectivity index (χ2v) is 7.69. The first kappa shape index (κ1) is 14.1. The Kier molecular flexibility index (Phi) is 3.20. The van der Waals surface area contributed by atoms with Gasteiger partial charge >= 0.3 is 0 Å². The summed E-state index contributed by atoms with van der Waals surface area (Å²) in [5, 5.41) is 0. The Balaban J connectivity index is 1.83. The molecule has 3 rings (SSSR count). The molecule has 2 atom stereocenters. The first-order chi connectivity index (χ1) is 9.38. The molecule has 1 N–H and O–H groups in total. The Morgan fingerprint density at radius 1 is 1.15 bits per heavy atom. The van der Waals surface area contributed by atoms with E-state index in [4.69, 9.17) is 0 Å². The molecule has 2 saturated heterocycles. The SMILES string of the molecule is CC1(C)[C@@H]2CC[C@@]1(C)C(=O)N(C[NH+]1CCCCC1)C2=O. The minimum atomic E-state index is -0.346. The average Bonchev–Trinajstić information content (AvgIpc) is 2.61. The quantitative estimate of drug-likeness (QED) is 0.761. The molecule has 2 heterocycles. The van der Waals surface area contributed by atoms with E-state index >= 15 is 0 Å². The molecule has 4 nitrogen and oxygen atoms in total. The molecule has 1 saturated carbocycles. The van der Waals surface area contributed by atoms with Crippen LogP contribution in [0.5, 0.6) is 0 Å². The van der Waals surface area contributed by atoms with Gasteiger partial charge in [-0.1, -0.05) is 20.8 Å². The van der Waals surface area contributed by atoms with Gasteiger partial charge in [-0.2, -0.15) is 0 Å². The van der Waals surface area contributed by atoms with Crippen LogP contribution in [0.25, 0.3) is 0 Å². The number of fused-ring (bicyclic) bond motifs is 2. The lowest BCUT2D eigenvalue weighted by atomic mass is 9.62. The second-order valence-electron chi connectivity index (χ2n) is 7.69. The topological polar surface area (TPSA) is 41.8 Å². The number of likely N-dealkylation sites (tertiary alicyclic amines) is 2. The molecular formula is C16H27N2O2+. The van der Waals surface area contributed by atoms with Crippen LogP contribution in [0.1, 0.15) is 52.9 Å². The maximum Gasteiger partial charge on any atom is 0.240 e. The fourth-order valence-corrected chi connectivity index (χ4v) is 4.48. The van der Waals surface area contributed by atoms with Crippen molar-refractivity contribution in [1.82, 2.24) is 4.90 Å². The maximum atomic E-state index is 12.9. The van der Waals surface area contributed by atoms with Gasteiger partial charge in [0.15, 0.2) is 6.67 Å². The Morgan fingerprint density at radius 3 is 2.45 bits per heavy atom. The van der Waals surface area contributed by atoms with E-state index < -0.39 is 0 Å². The van der Waals surface area contributed by atoms with E-state index in [-0.39, 0.29) is 28.6 Å². The van der Waals surface area contributed by atoms with Gasteiger partial charge in [-0.3, -0.25) is 9.59 Å². The van der Waals surface area contributed by atoms with E-state index in [2.05, 4.69) is 20.8 Å². The maximum absolute atomic E-state index is 12.9. The van der Waals surface area contributed by atoms with Crippen LogP contribution >= 0.6 is 0 Å². The van der Waals surface area contributed by atoms with Crippen LogP contribution < -0.4 is 4.90 Å². The monoisotopic (exact) mass is 279 g/mol. The average molecular weight is 279 g/mol.